The molecule has 0 radical (unpaired) electrons. The number of amides is 3. The standard InChI is InChI=1S/C29H39N7O2/c1-5-25(37)35-15-13-34(14-16-35)24(17-29(4)11-12-29)22-9-7-21(8-10-22)20(3)32-27-30-18-23-19-31-28(38)36(6-2)26(23)33-27/h5,7-10,18,20,24H,1,6,11-17,19H2,2-4H3,(H,31,38)(H,30,32,33)/t20-,24?/m0/s1. The van der Waals surface area contributed by atoms with Crippen LogP contribution in [0.5, 0.6) is 0 Å². The van der Waals surface area contributed by atoms with Crippen molar-refractivity contribution >= 4 is 23.7 Å². The van der Waals surface area contributed by atoms with Crippen molar-refractivity contribution in [1.29, 1.82) is 0 Å². The summed E-state index contributed by atoms with van der Waals surface area (Å²) in [7, 11) is 0. The van der Waals surface area contributed by atoms with Crippen molar-refractivity contribution in [2.24, 2.45) is 5.41 Å². The number of aromatic nitrogens is 2. The second kappa shape index (κ2) is 10.7. The highest BCUT2D eigenvalue weighted by molar-refractivity contribution is 5.93. The fourth-order valence-electron chi connectivity index (χ4n) is 5.49. The molecule has 2 aliphatic heterocycles. The number of carbonyl (C=O) groups excluding carboxylic acids is 2. The molecular weight excluding hydrogens is 478 g/mol. The van der Waals surface area contributed by atoms with Gasteiger partial charge in [0.2, 0.25) is 11.9 Å². The topological polar surface area (TPSA) is 93.7 Å². The molecule has 1 aromatic carbocycles. The number of nitrogens with zero attached hydrogens (tertiary/aromatic N) is 5. The Balaban J connectivity index is 1.28. The molecule has 1 unspecified atom stereocenters. The lowest BCUT2D eigenvalue weighted by molar-refractivity contribution is -0.128. The maximum Gasteiger partial charge on any atom is 0.323 e. The Labute approximate surface area is 225 Å². The Morgan fingerprint density at radius 1 is 1.18 bits per heavy atom. The minimum absolute atomic E-state index is 0.00227. The Hall–Kier alpha value is -3.46. The van der Waals surface area contributed by atoms with Crippen molar-refractivity contribution in [2.45, 2.75) is 58.7 Å². The summed E-state index contributed by atoms with van der Waals surface area (Å²) in [6.07, 6.45) is 6.91. The quantitative estimate of drug-likeness (QED) is 0.483. The van der Waals surface area contributed by atoms with Crippen LogP contribution in [0.1, 0.15) is 68.8 Å². The van der Waals surface area contributed by atoms with E-state index in [1.807, 2.05) is 11.8 Å². The van der Waals surface area contributed by atoms with Crippen LogP contribution in [0.3, 0.4) is 0 Å². The zero-order chi connectivity index (χ0) is 26.9. The lowest BCUT2D eigenvalue weighted by Crippen LogP contribution is -2.49. The highest BCUT2D eigenvalue weighted by Crippen LogP contribution is 2.52. The molecular formula is C29H39N7O2. The van der Waals surface area contributed by atoms with Crippen molar-refractivity contribution in [3.05, 3.63) is 59.8 Å². The van der Waals surface area contributed by atoms with Crippen molar-refractivity contribution in [2.75, 3.05) is 42.9 Å². The summed E-state index contributed by atoms with van der Waals surface area (Å²) in [5, 5.41) is 6.27. The van der Waals surface area contributed by atoms with E-state index in [0.717, 1.165) is 43.7 Å². The summed E-state index contributed by atoms with van der Waals surface area (Å²) in [4.78, 5) is 39.5. The molecule has 0 bridgehead atoms. The molecule has 38 heavy (non-hydrogen) atoms. The molecule has 2 atom stereocenters. The van der Waals surface area contributed by atoms with E-state index in [-0.39, 0.29) is 18.0 Å². The van der Waals surface area contributed by atoms with Gasteiger partial charge >= 0.3 is 6.03 Å². The molecule has 5 rings (SSSR count). The zero-order valence-electron chi connectivity index (χ0n) is 22.7. The zero-order valence-corrected chi connectivity index (χ0v) is 22.7. The van der Waals surface area contributed by atoms with Gasteiger partial charge in [-0.25, -0.2) is 9.78 Å². The van der Waals surface area contributed by atoms with Crippen LogP contribution in [-0.4, -0.2) is 64.4 Å². The van der Waals surface area contributed by atoms with Gasteiger partial charge in [-0.15, -0.1) is 0 Å². The third-order valence-corrected chi connectivity index (χ3v) is 8.29. The van der Waals surface area contributed by atoms with Gasteiger partial charge in [0.15, 0.2) is 0 Å². The number of rotatable bonds is 9. The molecule has 3 amide bonds. The minimum Gasteiger partial charge on any atom is -0.348 e. The summed E-state index contributed by atoms with van der Waals surface area (Å²) in [5.41, 5.74) is 3.81. The average molecular weight is 518 g/mol. The Morgan fingerprint density at radius 2 is 1.87 bits per heavy atom. The number of hydrogen-bond donors (Lipinski definition) is 2. The Bertz CT molecular complexity index is 1190. The maximum absolute atomic E-state index is 12.2. The first-order valence-corrected chi connectivity index (χ1v) is 13.7. The number of hydrogen-bond acceptors (Lipinski definition) is 6. The third kappa shape index (κ3) is 5.53. The summed E-state index contributed by atoms with van der Waals surface area (Å²) in [6, 6.07) is 9.10. The molecule has 1 aromatic heterocycles. The fourth-order valence-corrected chi connectivity index (χ4v) is 5.49. The largest absolute Gasteiger partial charge is 0.348 e. The minimum atomic E-state index is -0.128. The molecule has 2 N–H and O–H groups in total. The average Bonchev–Trinajstić information content (AvgIpc) is 3.68. The van der Waals surface area contributed by atoms with Gasteiger partial charge in [-0.3, -0.25) is 14.6 Å². The molecule has 9 heteroatoms. The maximum atomic E-state index is 12.2. The van der Waals surface area contributed by atoms with E-state index >= 15 is 0 Å². The van der Waals surface area contributed by atoms with Gasteiger partial charge in [0, 0.05) is 57.1 Å². The summed E-state index contributed by atoms with van der Waals surface area (Å²) in [5.74, 6) is 1.21. The number of anilines is 2. The lowest BCUT2D eigenvalue weighted by Gasteiger charge is -2.40. The van der Waals surface area contributed by atoms with Gasteiger partial charge in [-0.05, 0) is 55.7 Å². The van der Waals surface area contributed by atoms with Crippen molar-refractivity contribution in [3.8, 4) is 0 Å². The van der Waals surface area contributed by atoms with Gasteiger partial charge in [0.1, 0.15) is 5.82 Å². The fraction of sp³-hybridized carbons (Fsp3) is 0.517. The second-order valence-electron chi connectivity index (χ2n) is 11.1. The van der Waals surface area contributed by atoms with Gasteiger partial charge in [0.25, 0.3) is 0 Å². The first-order chi connectivity index (χ1) is 18.3. The number of urea groups is 1. The van der Waals surface area contributed by atoms with Crippen LogP contribution in [0.25, 0.3) is 0 Å². The van der Waals surface area contributed by atoms with Crippen molar-refractivity contribution in [1.82, 2.24) is 25.1 Å². The predicted molar refractivity (Wildman–Crippen MR) is 149 cm³/mol. The highest BCUT2D eigenvalue weighted by atomic mass is 16.2. The first kappa shape index (κ1) is 26.2. The third-order valence-electron chi connectivity index (χ3n) is 8.29. The summed E-state index contributed by atoms with van der Waals surface area (Å²) < 4.78 is 0. The van der Waals surface area contributed by atoms with Crippen LogP contribution >= 0.6 is 0 Å². The number of fused-ring (bicyclic) bond motifs is 1. The molecule has 3 heterocycles. The van der Waals surface area contributed by atoms with E-state index in [9.17, 15) is 9.59 Å². The Morgan fingerprint density at radius 3 is 2.50 bits per heavy atom. The monoisotopic (exact) mass is 517 g/mol. The Kier molecular flexibility index (Phi) is 7.38. The molecule has 202 valence electrons. The van der Waals surface area contributed by atoms with Crippen LogP contribution in [0.2, 0.25) is 0 Å². The van der Waals surface area contributed by atoms with Gasteiger partial charge in [-0.2, -0.15) is 4.98 Å². The first-order valence-electron chi connectivity index (χ1n) is 13.7. The summed E-state index contributed by atoms with van der Waals surface area (Å²) >= 11 is 0. The molecule has 0 spiro atoms. The van der Waals surface area contributed by atoms with E-state index < -0.39 is 0 Å². The smallest absolute Gasteiger partial charge is 0.323 e. The van der Waals surface area contributed by atoms with Crippen LogP contribution in [-0.2, 0) is 11.3 Å². The normalized spacial score (nSPS) is 20.2. The molecule has 2 aromatic rings. The molecule has 9 nitrogen and oxygen atoms in total. The molecule has 2 fully saturated rings. The lowest BCUT2D eigenvalue weighted by atomic mass is 9.91. The number of nitrogens with one attached hydrogen (secondary N) is 2. The molecule has 1 saturated carbocycles. The van der Waals surface area contributed by atoms with Crippen LogP contribution < -0.4 is 15.5 Å². The SMILES string of the molecule is C=CC(=O)N1CCN(C(CC2(C)CC2)c2ccc([C@H](C)Nc3ncc4c(n3)N(CC)C(=O)NC4)cc2)CC1. The highest BCUT2D eigenvalue weighted by Gasteiger charge is 2.41. The van der Waals surface area contributed by atoms with Crippen LogP contribution in [0.4, 0.5) is 16.6 Å². The number of carbonyl (C=O) groups is 2. The van der Waals surface area contributed by atoms with Gasteiger partial charge < -0.3 is 15.5 Å². The van der Waals surface area contributed by atoms with E-state index in [4.69, 9.17) is 0 Å². The van der Waals surface area contributed by atoms with Crippen molar-refractivity contribution in [3.63, 3.8) is 0 Å². The molecule has 3 aliphatic rings. The van der Waals surface area contributed by atoms with Crippen molar-refractivity contribution < 1.29 is 9.59 Å². The van der Waals surface area contributed by atoms with E-state index in [0.29, 0.717) is 36.3 Å². The van der Waals surface area contributed by atoms with E-state index in [1.54, 1.807) is 11.1 Å². The predicted octanol–water partition coefficient (Wildman–Crippen LogP) is 4.26. The number of benzene rings is 1. The molecule has 1 aliphatic carbocycles. The summed E-state index contributed by atoms with van der Waals surface area (Å²) in [6.45, 7) is 14.3. The van der Waals surface area contributed by atoms with Crippen LogP contribution in [0.15, 0.2) is 43.1 Å². The number of piperazine rings is 1. The van der Waals surface area contributed by atoms with Gasteiger partial charge in [0.05, 0.1) is 6.04 Å². The second-order valence-corrected chi connectivity index (χ2v) is 11.1. The molecule has 1 saturated heterocycles. The van der Waals surface area contributed by atoms with E-state index in [2.05, 4.69) is 70.2 Å². The van der Waals surface area contributed by atoms with E-state index in [1.165, 1.54) is 24.5 Å². The van der Waals surface area contributed by atoms with Crippen LogP contribution in [0, 0.1) is 5.41 Å². The van der Waals surface area contributed by atoms with Gasteiger partial charge in [-0.1, -0.05) is 37.8 Å².